The second-order valence-corrected chi connectivity index (χ2v) is 4.45. The average molecular weight is 282 g/mol. The lowest BCUT2D eigenvalue weighted by Gasteiger charge is -2.02. The number of hydrogen-bond donors (Lipinski definition) is 0. The molecule has 0 fully saturated rings. The molecular formula is C16H11FN2O2. The summed E-state index contributed by atoms with van der Waals surface area (Å²) in [5.41, 5.74) is 1.26. The summed E-state index contributed by atoms with van der Waals surface area (Å²) in [5, 5.41) is 20.1. The van der Waals surface area contributed by atoms with Crippen LogP contribution in [0, 0.1) is 34.2 Å². The predicted molar refractivity (Wildman–Crippen MR) is 77.7 cm³/mol. The third-order valence-corrected chi connectivity index (χ3v) is 3.03. The van der Waals surface area contributed by atoms with Gasteiger partial charge in [0.1, 0.15) is 5.82 Å². The van der Waals surface area contributed by atoms with Gasteiger partial charge in [0, 0.05) is 17.2 Å². The van der Waals surface area contributed by atoms with Crippen molar-refractivity contribution in [2.24, 2.45) is 0 Å². The molecule has 0 aliphatic rings. The van der Waals surface area contributed by atoms with Crippen LogP contribution in [0.3, 0.4) is 0 Å². The van der Waals surface area contributed by atoms with Crippen LogP contribution in [0.2, 0.25) is 0 Å². The van der Waals surface area contributed by atoms with Crippen LogP contribution in [0.1, 0.15) is 16.7 Å². The number of nitro benzene ring substituents is 1. The van der Waals surface area contributed by atoms with Crippen molar-refractivity contribution >= 4 is 17.3 Å². The van der Waals surface area contributed by atoms with E-state index < -0.39 is 10.7 Å². The zero-order chi connectivity index (χ0) is 15.4. The van der Waals surface area contributed by atoms with Gasteiger partial charge in [0.25, 0.3) is 5.69 Å². The van der Waals surface area contributed by atoms with E-state index in [0.29, 0.717) is 11.1 Å². The molecule has 2 aromatic rings. The van der Waals surface area contributed by atoms with Crippen molar-refractivity contribution in [1.29, 1.82) is 5.26 Å². The maximum atomic E-state index is 13.7. The molecule has 0 saturated carbocycles. The van der Waals surface area contributed by atoms with Crippen molar-refractivity contribution in [3.63, 3.8) is 0 Å². The molecule has 0 bridgehead atoms. The Hall–Kier alpha value is -3.00. The van der Waals surface area contributed by atoms with Gasteiger partial charge in [-0.15, -0.1) is 0 Å². The molecule has 0 heterocycles. The van der Waals surface area contributed by atoms with Gasteiger partial charge < -0.3 is 0 Å². The van der Waals surface area contributed by atoms with Crippen molar-refractivity contribution in [1.82, 2.24) is 0 Å². The number of halogens is 1. The maximum Gasteiger partial charge on any atom is 0.272 e. The minimum absolute atomic E-state index is 0.0328. The molecule has 0 amide bonds. The normalized spacial score (nSPS) is 11.0. The van der Waals surface area contributed by atoms with E-state index in [0.717, 1.165) is 0 Å². The lowest BCUT2D eigenvalue weighted by atomic mass is 10.0. The van der Waals surface area contributed by atoms with Crippen LogP contribution in [0.25, 0.3) is 11.6 Å². The Bertz CT molecular complexity index is 776. The van der Waals surface area contributed by atoms with Gasteiger partial charge in [-0.3, -0.25) is 10.1 Å². The molecule has 0 spiro atoms. The van der Waals surface area contributed by atoms with Gasteiger partial charge in [0.05, 0.1) is 16.6 Å². The van der Waals surface area contributed by atoms with E-state index in [2.05, 4.69) is 0 Å². The summed E-state index contributed by atoms with van der Waals surface area (Å²) in [6, 6.07) is 12.5. The smallest absolute Gasteiger partial charge is 0.258 e. The molecule has 0 N–H and O–H groups in total. The Kier molecular flexibility index (Phi) is 4.10. The molecule has 0 aliphatic carbocycles. The average Bonchev–Trinajstić information content (AvgIpc) is 2.47. The zero-order valence-corrected chi connectivity index (χ0v) is 11.2. The molecular weight excluding hydrogens is 271 g/mol. The Balaban J connectivity index is 2.52. The third kappa shape index (κ3) is 3.12. The number of hydrogen-bond acceptors (Lipinski definition) is 3. The number of nitro groups is 1. The Morgan fingerprint density at radius 2 is 2.05 bits per heavy atom. The van der Waals surface area contributed by atoms with Crippen LogP contribution in [-0.2, 0) is 0 Å². The van der Waals surface area contributed by atoms with Crippen LogP contribution in [0.15, 0.2) is 42.5 Å². The molecule has 2 aromatic carbocycles. The monoisotopic (exact) mass is 282 g/mol. The molecule has 2 rings (SSSR count). The first-order valence-electron chi connectivity index (χ1n) is 6.14. The summed E-state index contributed by atoms with van der Waals surface area (Å²) in [6.45, 7) is 1.63. The second kappa shape index (κ2) is 5.97. The van der Waals surface area contributed by atoms with Crippen LogP contribution in [0.4, 0.5) is 10.1 Å². The summed E-state index contributed by atoms with van der Waals surface area (Å²) in [7, 11) is 0. The molecule has 104 valence electrons. The fourth-order valence-corrected chi connectivity index (χ4v) is 1.93. The van der Waals surface area contributed by atoms with Gasteiger partial charge in [-0.1, -0.05) is 30.3 Å². The molecule has 5 heteroatoms. The predicted octanol–water partition coefficient (Wildman–Crippen LogP) is 4.11. The van der Waals surface area contributed by atoms with Crippen LogP contribution in [0.5, 0.6) is 0 Å². The van der Waals surface area contributed by atoms with Crippen LogP contribution < -0.4 is 0 Å². The molecule has 0 aromatic heterocycles. The topological polar surface area (TPSA) is 66.9 Å². The number of nitriles is 1. The second-order valence-electron chi connectivity index (χ2n) is 4.45. The number of aryl methyl sites for hydroxylation is 1. The van der Waals surface area contributed by atoms with E-state index in [1.165, 1.54) is 30.3 Å². The first-order chi connectivity index (χ1) is 10.0. The fourth-order valence-electron chi connectivity index (χ4n) is 1.93. The van der Waals surface area contributed by atoms with Crippen molar-refractivity contribution in [2.45, 2.75) is 6.92 Å². The first-order valence-corrected chi connectivity index (χ1v) is 6.14. The quantitative estimate of drug-likeness (QED) is 0.368. The standard InChI is InChI=1S/C16H11FN2O2/c1-11-6-7-12(9-16(11)19(20)21)8-13(10-18)14-4-2-3-5-15(14)17/h2-9H,1H3. The summed E-state index contributed by atoms with van der Waals surface area (Å²) in [4.78, 5) is 10.4. The van der Waals surface area contributed by atoms with Crippen molar-refractivity contribution < 1.29 is 9.31 Å². The van der Waals surface area contributed by atoms with E-state index in [1.54, 1.807) is 25.1 Å². The Labute approximate surface area is 120 Å². The number of nitrogens with zero attached hydrogens (tertiary/aromatic N) is 2. The molecule has 0 radical (unpaired) electrons. The van der Waals surface area contributed by atoms with Crippen LogP contribution in [-0.4, -0.2) is 4.92 Å². The highest BCUT2D eigenvalue weighted by molar-refractivity contribution is 5.90. The Morgan fingerprint density at radius 1 is 1.33 bits per heavy atom. The van der Waals surface area contributed by atoms with E-state index in [-0.39, 0.29) is 16.8 Å². The van der Waals surface area contributed by atoms with Gasteiger partial charge >= 0.3 is 0 Å². The maximum absolute atomic E-state index is 13.7. The zero-order valence-electron chi connectivity index (χ0n) is 11.2. The first kappa shape index (κ1) is 14.4. The van der Waals surface area contributed by atoms with E-state index in [1.807, 2.05) is 6.07 Å². The third-order valence-electron chi connectivity index (χ3n) is 3.03. The summed E-state index contributed by atoms with van der Waals surface area (Å²) in [6.07, 6.45) is 1.44. The van der Waals surface area contributed by atoms with Gasteiger partial charge in [0.15, 0.2) is 0 Å². The Morgan fingerprint density at radius 3 is 2.67 bits per heavy atom. The van der Waals surface area contributed by atoms with E-state index >= 15 is 0 Å². The highest BCUT2D eigenvalue weighted by Gasteiger charge is 2.12. The molecule has 4 nitrogen and oxygen atoms in total. The summed E-state index contributed by atoms with van der Waals surface area (Å²) >= 11 is 0. The summed E-state index contributed by atoms with van der Waals surface area (Å²) < 4.78 is 13.7. The number of benzene rings is 2. The molecule has 0 atom stereocenters. The van der Waals surface area contributed by atoms with Gasteiger partial charge in [-0.05, 0) is 24.6 Å². The van der Waals surface area contributed by atoms with Crippen LogP contribution >= 0.6 is 0 Å². The van der Waals surface area contributed by atoms with Crippen molar-refractivity contribution in [2.75, 3.05) is 0 Å². The largest absolute Gasteiger partial charge is 0.272 e. The highest BCUT2D eigenvalue weighted by atomic mass is 19.1. The minimum Gasteiger partial charge on any atom is -0.258 e. The summed E-state index contributed by atoms with van der Waals surface area (Å²) in [5.74, 6) is -0.507. The van der Waals surface area contributed by atoms with Gasteiger partial charge in [0.2, 0.25) is 0 Å². The highest BCUT2D eigenvalue weighted by Crippen LogP contribution is 2.24. The van der Waals surface area contributed by atoms with E-state index in [4.69, 9.17) is 0 Å². The minimum atomic E-state index is -0.507. The molecule has 21 heavy (non-hydrogen) atoms. The number of allylic oxidation sites excluding steroid dienone is 1. The SMILES string of the molecule is Cc1ccc(C=C(C#N)c2ccccc2F)cc1[N+](=O)[O-]. The van der Waals surface area contributed by atoms with E-state index in [9.17, 15) is 19.8 Å². The fraction of sp³-hybridized carbons (Fsp3) is 0.0625. The molecule has 0 aliphatic heterocycles. The lowest BCUT2D eigenvalue weighted by Crippen LogP contribution is -1.92. The molecule has 0 saturated heterocycles. The molecule has 0 unspecified atom stereocenters. The number of rotatable bonds is 3. The van der Waals surface area contributed by atoms with Gasteiger partial charge in [-0.2, -0.15) is 5.26 Å². The van der Waals surface area contributed by atoms with Crippen molar-refractivity contribution in [3.8, 4) is 6.07 Å². The van der Waals surface area contributed by atoms with Gasteiger partial charge in [-0.25, -0.2) is 4.39 Å². The van der Waals surface area contributed by atoms with Crippen molar-refractivity contribution in [3.05, 3.63) is 75.1 Å². The lowest BCUT2D eigenvalue weighted by molar-refractivity contribution is -0.385.